The molecular formula is C24H43N7O11S. The maximum absolute atomic E-state index is 13.0. The molecule has 18 nitrogen and oxygen atoms in total. The highest BCUT2D eigenvalue weighted by Crippen LogP contribution is 2.04. The minimum Gasteiger partial charge on any atom is -0.480 e. The Labute approximate surface area is 252 Å². The van der Waals surface area contributed by atoms with Crippen LogP contribution in [0.1, 0.15) is 34.1 Å². The van der Waals surface area contributed by atoms with Crippen LogP contribution in [0.5, 0.6) is 0 Å². The molecule has 0 aliphatic carbocycles. The fraction of sp³-hybridized carbons (Fsp3) is 0.708. The van der Waals surface area contributed by atoms with Crippen molar-refractivity contribution in [2.75, 3.05) is 25.1 Å². The van der Waals surface area contributed by atoms with E-state index in [-0.39, 0.29) is 0 Å². The Morgan fingerprint density at radius 3 is 1.47 bits per heavy atom. The first-order valence-electron chi connectivity index (χ1n) is 13.2. The Morgan fingerprint density at radius 1 is 0.651 bits per heavy atom. The molecule has 0 rings (SSSR count). The largest absolute Gasteiger partial charge is 0.480 e. The zero-order chi connectivity index (χ0) is 33.4. The van der Waals surface area contributed by atoms with E-state index < -0.39 is 103 Å². The van der Waals surface area contributed by atoms with Crippen LogP contribution in [0, 0.1) is 0 Å². The Kier molecular flexibility index (Phi) is 18.0. The number of aliphatic hydroxyl groups excluding tert-OH is 3. The van der Waals surface area contributed by atoms with Gasteiger partial charge in [0.15, 0.2) is 0 Å². The molecule has 0 heterocycles. The summed E-state index contributed by atoms with van der Waals surface area (Å²) in [5.41, 5.74) is 5.80. The van der Waals surface area contributed by atoms with Gasteiger partial charge in [-0.25, -0.2) is 0 Å². The van der Waals surface area contributed by atoms with E-state index in [0.717, 1.165) is 13.8 Å². The number of nitrogens with two attached hydrogens (primary N) is 1. The molecule has 0 radical (unpaired) electrons. The molecule has 0 aromatic carbocycles. The second-order valence-electron chi connectivity index (χ2n) is 9.69. The van der Waals surface area contributed by atoms with Crippen LogP contribution in [-0.4, -0.2) is 135 Å². The predicted octanol–water partition coefficient (Wildman–Crippen LogP) is -5.51. The van der Waals surface area contributed by atoms with Crippen molar-refractivity contribution >= 4 is 53.2 Å². The van der Waals surface area contributed by atoms with Crippen LogP contribution in [0.4, 0.5) is 0 Å². The third-order valence-electron chi connectivity index (χ3n) is 5.77. The lowest BCUT2D eigenvalue weighted by molar-refractivity contribution is -0.138. The van der Waals surface area contributed by atoms with Crippen molar-refractivity contribution in [3.05, 3.63) is 0 Å². The number of nitrogens with one attached hydrogen (secondary N) is 6. The zero-order valence-corrected chi connectivity index (χ0v) is 25.4. The van der Waals surface area contributed by atoms with Gasteiger partial charge in [-0.3, -0.25) is 33.6 Å². The highest BCUT2D eigenvalue weighted by Gasteiger charge is 2.36. The second kappa shape index (κ2) is 19.6. The lowest BCUT2D eigenvalue weighted by Gasteiger charge is -2.29. The SMILES string of the molecule is CSCC[C@H](N)C(=O)N[C@H](C(=O)N[C@H](C(=O)N[C@H](C(=O)N[C@@H](C)C(=O)NCC(=O)NCC(=O)O)[C@@H](C)O)[C@@H](C)O)[C@@H](C)O. The number of aliphatic carboxylic acids is 1. The van der Waals surface area contributed by atoms with Crippen LogP contribution in [-0.2, 0) is 33.6 Å². The molecule has 0 fully saturated rings. The van der Waals surface area contributed by atoms with E-state index in [4.69, 9.17) is 10.8 Å². The number of hydrogen-bond acceptors (Lipinski definition) is 12. The molecule has 8 atom stereocenters. The summed E-state index contributed by atoms with van der Waals surface area (Å²) in [6.07, 6.45) is -2.39. The quantitative estimate of drug-likeness (QED) is 0.0631. The van der Waals surface area contributed by atoms with Gasteiger partial charge in [-0.15, -0.1) is 0 Å². The average molecular weight is 638 g/mol. The summed E-state index contributed by atoms with van der Waals surface area (Å²) < 4.78 is 0. The number of carbonyl (C=O) groups excluding carboxylic acids is 6. The van der Waals surface area contributed by atoms with Gasteiger partial charge in [0.25, 0.3) is 0 Å². The summed E-state index contributed by atoms with van der Waals surface area (Å²) in [7, 11) is 0. The number of carbonyl (C=O) groups is 7. The highest BCUT2D eigenvalue weighted by atomic mass is 32.2. The van der Waals surface area contributed by atoms with Crippen LogP contribution in [0.2, 0.25) is 0 Å². The molecule has 0 aliphatic heterocycles. The number of amides is 6. The minimum atomic E-state index is -1.71. The van der Waals surface area contributed by atoms with E-state index in [9.17, 15) is 48.9 Å². The number of aliphatic hydroxyl groups is 3. The minimum absolute atomic E-state index is 0.297. The van der Waals surface area contributed by atoms with Crippen molar-refractivity contribution in [2.45, 2.75) is 82.6 Å². The first-order chi connectivity index (χ1) is 19.9. The summed E-state index contributed by atoms with van der Waals surface area (Å²) in [4.78, 5) is 85.3. The van der Waals surface area contributed by atoms with Gasteiger partial charge < -0.3 is 58.1 Å². The normalized spacial score (nSPS) is 16.5. The maximum Gasteiger partial charge on any atom is 0.322 e. The number of carboxylic acids is 1. The van der Waals surface area contributed by atoms with Gasteiger partial charge in [0.05, 0.1) is 30.9 Å². The Morgan fingerprint density at radius 2 is 1.07 bits per heavy atom. The van der Waals surface area contributed by atoms with Crippen molar-refractivity contribution < 1.29 is 54.0 Å². The molecule has 0 bridgehead atoms. The molecule has 0 aliphatic rings. The van der Waals surface area contributed by atoms with Gasteiger partial charge in [-0.05, 0) is 46.1 Å². The van der Waals surface area contributed by atoms with Crippen LogP contribution in [0.15, 0.2) is 0 Å². The second-order valence-corrected chi connectivity index (χ2v) is 10.7. The maximum atomic E-state index is 13.0. The molecule has 12 N–H and O–H groups in total. The Bertz CT molecular complexity index is 997. The highest BCUT2D eigenvalue weighted by molar-refractivity contribution is 7.98. The summed E-state index contributed by atoms with van der Waals surface area (Å²) in [6.45, 7) is 3.50. The molecule has 0 saturated heterocycles. The third-order valence-corrected chi connectivity index (χ3v) is 6.41. The Balaban J connectivity index is 5.40. The third kappa shape index (κ3) is 15.0. The standard InChI is InChI=1S/C24H43N7O11S/c1-10(20(38)27-8-15(35)26-9-16(36)37)28-22(40)17(11(2)32)30-24(42)19(13(4)34)31-23(41)18(12(3)33)29-21(39)14(25)6-7-43-5/h10-14,17-19,32-34H,6-9,25H2,1-5H3,(H,26,35)(H,27,38)(H,28,40)(H,29,39)(H,30,42)(H,31,41)(H,36,37)/t10-,11+,12+,13+,14-,17-,18-,19-/m0/s1. The molecule has 19 heteroatoms. The van der Waals surface area contributed by atoms with Crippen molar-refractivity contribution in [3.8, 4) is 0 Å². The van der Waals surface area contributed by atoms with E-state index in [0.29, 0.717) is 12.2 Å². The van der Waals surface area contributed by atoms with E-state index in [2.05, 4.69) is 26.6 Å². The van der Waals surface area contributed by atoms with E-state index in [1.165, 1.54) is 25.6 Å². The average Bonchev–Trinajstić information content (AvgIpc) is 2.92. The van der Waals surface area contributed by atoms with Crippen LogP contribution < -0.4 is 37.6 Å². The first kappa shape index (κ1) is 39.5. The van der Waals surface area contributed by atoms with Crippen molar-refractivity contribution in [2.24, 2.45) is 5.73 Å². The summed E-state index contributed by atoms with van der Waals surface area (Å²) >= 11 is 1.45. The monoisotopic (exact) mass is 637 g/mol. The predicted molar refractivity (Wildman–Crippen MR) is 153 cm³/mol. The van der Waals surface area contributed by atoms with Gasteiger partial charge in [-0.1, -0.05) is 0 Å². The molecule has 43 heavy (non-hydrogen) atoms. The van der Waals surface area contributed by atoms with Crippen molar-refractivity contribution in [3.63, 3.8) is 0 Å². The molecular weight excluding hydrogens is 594 g/mol. The summed E-state index contributed by atoms with van der Waals surface area (Å²) in [6, 6.07) is -7.19. The van der Waals surface area contributed by atoms with Crippen LogP contribution in [0.25, 0.3) is 0 Å². The Hall–Kier alpha value is -3.52. The fourth-order valence-electron chi connectivity index (χ4n) is 3.26. The zero-order valence-electron chi connectivity index (χ0n) is 24.6. The van der Waals surface area contributed by atoms with Gasteiger partial charge in [0.1, 0.15) is 30.7 Å². The molecule has 6 amide bonds. The number of thioether (sulfide) groups is 1. The number of rotatable bonds is 19. The van der Waals surface area contributed by atoms with Gasteiger partial charge in [0.2, 0.25) is 35.4 Å². The fourth-order valence-corrected chi connectivity index (χ4v) is 3.75. The molecule has 246 valence electrons. The number of carboxylic acid groups (broad SMARTS) is 1. The molecule has 0 spiro atoms. The van der Waals surface area contributed by atoms with E-state index in [1.54, 1.807) is 0 Å². The lowest BCUT2D eigenvalue weighted by atomic mass is 10.1. The van der Waals surface area contributed by atoms with Crippen molar-refractivity contribution in [1.82, 2.24) is 31.9 Å². The van der Waals surface area contributed by atoms with Gasteiger partial charge in [-0.2, -0.15) is 11.8 Å². The summed E-state index contributed by atoms with van der Waals surface area (Å²) in [5, 5.41) is 52.0. The van der Waals surface area contributed by atoms with Gasteiger partial charge in [0, 0.05) is 0 Å². The van der Waals surface area contributed by atoms with Crippen LogP contribution in [0.3, 0.4) is 0 Å². The van der Waals surface area contributed by atoms with E-state index in [1.807, 2.05) is 11.6 Å². The van der Waals surface area contributed by atoms with Crippen molar-refractivity contribution in [1.29, 1.82) is 0 Å². The van der Waals surface area contributed by atoms with E-state index >= 15 is 0 Å². The molecule has 0 aromatic rings. The summed E-state index contributed by atoms with van der Waals surface area (Å²) in [5.74, 6) is -6.30. The molecule has 0 saturated carbocycles. The molecule has 0 aromatic heterocycles. The number of hydrogen-bond donors (Lipinski definition) is 11. The smallest absolute Gasteiger partial charge is 0.322 e. The first-order valence-corrected chi connectivity index (χ1v) is 14.6. The topological polar surface area (TPSA) is 299 Å². The molecule has 0 unspecified atom stereocenters. The van der Waals surface area contributed by atoms with Crippen LogP contribution >= 0.6 is 11.8 Å². The van der Waals surface area contributed by atoms with Gasteiger partial charge >= 0.3 is 5.97 Å². The lowest BCUT2D eigenvalue weighted by Crippen LogP contribution is -2.63.